The summed E-state index contributed by atoms with van der Waals surface area (Å²) in [7, 11) is 0. The average Bonchev–Trinajstić information content (AvgIpc) is 2.48. The van der Waals surface area contributed by atoms with Gasteiger partial charge in [0.1, 0.15) is 5.82 Å². The van der Waals surface area contributed by atoms with E-state index in [1.807, 2.05) is 30.3 Å². The summed E-state index contributed by atoms with van der Waals surface area (Å²) in [5, 5.41) is 3.15. The van der Waals surface area contributed by atoms with Gasteiger partial charge in [0.05, 0.1) is 10.6 Å². The summed E-state index contributed by atoms with van der Waals surface area (Å²) in [5.74, 6) is 0.250. The molecule has 0 aliphatic carbocycles. The van der Waals surface area contributed by atoms with Crippen LogP contribution in [0.2, 0.25) is 5.02 Å². The third-order valence-electron chi connectivity index (χ3n) is 3.07. The largest absolute Gasteiger partial charge is 0.382 e. The van der Waals surface area contributed by atoms with Crippen molar-refractivity contribution < 1.29 is 4.79 Å². The highest BCUT2D eigenvalue weighted by molar-refractivity contribution is 6.33. The van der Waals surface area contributed by atoms with Crippen LogP contribution in [0.25, 0.3) is 0 Å². The quantitative estimate of drug-likeness (QED) is 0.909. The molecule has 0 spiro atoms. The number of hydrogen-bond donors (Lipinski definition) is 2. The molecule has 104 valence electrons. The van der Waals surface area contributed by atoms with Crippen LogP contribution in [-0.4, -0.2) is 17.4 Å². The van der Waals surface area contributed by atoms with Gasteiger partial charge in [0, 0.05) is 12.7 Å². The number of rotatable bonds is 4. The molecule has 0 saturated carbocycles. The smallest absolute Gasteiger partial charge is 0.252 e. The Bertz CT molecular complexity index is 601. The first-order valence-corrected chi connectivity index (χ1v) is 6.70. The van der Waals surface area contributed by atoms with E-state index in [4.69, 9.17) is 17.3 Å². The normalized spacial score (nSPS) is 11.9. The lowest BCUT2D eigenvalue weighted by Gasteiger charge is -2.13. The summed E-state index contributed by atoms with van der Waals surface area (Å²) in [6.07, 6.45) is 1.42. The molecule has 1 aromatic carbocycles. The summed E-state index contributed by atoms with van der Waals surface area (Å²) in [6.45, 7) is 2.61. The van der Waals surface area contributed by atoms with Crippen LogP contribution < -0.4 is 11.1 Å². The number of amides is 1. The fourth-order valence-corrected chi connectivity index (χ4v) is 1.99. The SMILES string of the molecule is CC(CNC(=O)c1cnc(N)c(Cl)c1)c1ccccc1. The summed E-state index contributed by atoms with van der Waals surface area (Å²) in [6, 6.07) is 11.5. The van der Waals surface area contributed by atoms with Gasteiger partial charge in [-0.3, -0.25) is 4.79 Å². The minimum atomic E-state index is -0.206. The second-order valence-electron chi connectivity index (χ2n) is 4.61. The number of hydrogen-bond acceptors (Lipinski definition) is 3. The van der Waals surface area contributed by atoms with Gasteiger partial charge in [-0.05, 0) is 17.5 Å². The fourth-order valence-electron chi connectivity index (χ4n) is 1.82. The number of aromatic nitrogens is 1. The zero-order valence-corrected chi connectivity index (χ0v) is 11.9. The summed E-state index contributed by atoms with van der Waals surface area (Å²) in [4.78, 5) is 15.9. The van der Waals surface area contributed by atoms with Gasteiger partial charge in [-0.25, -0.2) is 4.98 Å². The van der Waals surface area contributed by atoms with Gasteiger partial charge >= 0.3 is 0 Å². The highest BCUT2D eigenvalue weighted by Gasteiger charge is 2.11. The number of halogens is 1. The molecular formula is C15H16ClN3O. The van der Waals surface area contributed by atoms with E-state index in [1.165, 1.54) is 17.8 Å². The molecule has 2 aromatic rings. The Morgan fingerprint density at radius 3 is 2.75 bits per heavy atom. The van der Waals surface area contributed by atoms with Gasteiger partial charge in [-0.15, -0.1) is 0 Å². The van der Waals surface area contributed by atoms with Crippen LogP contribution in [0, 0.1) is 0 Å². The molecule has 1 amide bonds. The molecule has 1 unspecified atom stereocenters. The van der Waals surface area contributed by atoms with E-state index in [2.05, 4.69) is 17.2 Å². The molecular weight excluding hydrogens is 274 g/mol. The number of pyridine rings is 1. The fraction of sp³-hybridized carbons (Fsp3) is 0.200. The van der Waals surface area contributed by atoms with Crippen LogP contribution in [0.4, 0.5) is 5.82 Å². The molecule has 3 N–H and O–H groups in total. The molecule has 20 heavy (non-hydrogen) atoms. The first-order chi connectivity index (χ1) is 9.58. The zero-order chi connectivity index (χ0) is 14.5. The molecule has 1 heterocycles. The maximum absolute atomic E-state index is 12.0. The number of nitrogens with zero attached hydrogens (tertiary/aromatic N) is 1. The van der Waals surface area contributed by atoms with E-state index in [0.717, 1.165) is 0 Å². The number of nitrogens with one attached hydrogen (secondary N) is 1. The van der Waals surface area contributed by atoms with Gasteiger partial charge in [0.15, 0.2) is 0 Å². The highest BCUT2D eigenvalue weighted by Crippen LogP contribution is 2.17. The number of nitrogen functional groups attached to an aromatic ring is 1. The van der Waals surface area contributed by atoms with Crippen molar-refractivity contribution in [3.63, 3.8) is 0 Å². The van der Waals surface area contributed by atoms with Crippen LogP contribution in [-0.2, 0) is 0 Å². The third kappa shape index (κ3) is 3.48. The van der Waals surface area contributed by atoms with Gasteiger partial charge in [-0.2, -0.15) is 0 Å². The van der Waals surface area contributed by atoms with Crippen LogP contribution in [0.5, 0.6) is 0 Å². The standard InChI is InChI=1S/C15H16ClN3O/c1-10(11-5-3-2-4-6-11)8-19-15(20)12-7-13(16)14(17)18-9-12/h2-7,9-10H,8H2,1H3,(H2,17,18)(H,19,20). The van der Waals surface area contributed by atoms with Crippen molar-refractivity contribution >= 4 is 23.3 Å². The molecule has 2 rings (SSSR count). The number of carbonyl (C=O) groups excluding carboxylic acids is 1. The van der Waals surface area contributed by atoms with Gasteiger partial charge in [0.2, 0.25) is 0 Å². The summed E-state index contributed by atoms with van der Waals surface area (Å²) in [5.41, 5.74) is 7.10. The maximum atomic E-state index is 12.0. The Kier molecular flexibility index (Phi) is 4.58. The predicted molar refractivity (Wildman–Crippen MR) is 80.8 cm³/mol. The minimum absolute atomic E-state index is 0.206. The number of anilines is 1. The van der Waals surface area contributed by atoms with Crippen LogP contribution in [0.3, 0.4) is 0 Å². The first-order valence-electron chi connectivity index (χ1n) is 6.32. The second kappa shape index (κ2) is 6.39. The van der Waals surface area contributed by atoms with Gasteiger partial charge < -0.3 is 11.1 Å². The van der Waals surface area contributed by atoms with Crippen molar-refractivity contribution in [1.29, 1.82) is 0 Å². The lowest BCUT2D eigenvalue weighted by Crippen LogP contribution is -2.27. The molecule has 5 heteroatoms. The van der Waals surface area contributed by atoms with Gasteiger partial charge in [-0.1, -0.05) is 48.9 Å². The zero-order valence-electron chi connectivity index (χ0n) is 11.1. The molecule has 1 atom stereocenters. The van der Waals surface area contributed by atoms with Crippen LogP contribution >= 0.6 is 11.6 Å². The van der Waals surface area contributed by atoms with Gasteiger partial charge in [0.25, 0.3) is 5.91 Å². The number of benzene rings is 1. The summed E-state index contributed by atoms with van der Waals surface area (Å²) >= 11 is 5.85. The Morgan fingerprint density at radius 2 is 2.10 bits per heavy atom. The Hall–Kier alpha value is -2.07. The lowest BCUT2D eigenvalue weighted by molar-refractivity contribution is 0.0951. The number of carbonyl (C=O) groups is 1. The lowest BCUT2D eigenvalue weighted by atomic mass is 10.0. The monoisotopic (exact) mass is 289 g/mol. The van der Waals surface area contributed by atoms with E-state index >= 15 is 0 Å². The Morgan fingerprint density at radius 1 is 1.40 bits per heavy atom. The van der Waals surface area contributed by atoms with E-state index < -0.39 is 0 Å². The molecule has 0 fully saturated rings. The predicted octanol–water partition coefficient (Wildman–Crippen LogP) is 2.85. The third-order valence-corrected chi connectivity index (χ3v) is 3.37. The highest BCUT2D eigenvalue weighted by atomic mass is 35.5. The minimum Gasteiger partial charge on any atom is -0.382 e. The average molecular weight is 290 g/mol. The molecule has 0 aliphatic heterocycles. The van der Waals surface area contributed by atoms with Crippen LogP contribution in [0.15, 0.2) is 42.6 Å². The first kappa shape index (κ1) is 14.3. The topological polar surface area (TPSA) is 68.0 Å². The van der Waals surface area contributed by atoms with E-state index in [1.54, 1.807) is 0 Å². The van der Waals surface area contributed by atoms with Crippen molar-refractivity contribution in [1.82, 2.24) is 10.3 Å². The van der Waals surface area contributed by atoms with E-state index in [9.17, 15) is 4.79 Å². The molecule has 0 saturated heterocycles. The second-order valence-corrected chi connectivity index (χ2v) is 5.02. The molecule has 0 bridgehead atoms. The molecule has 4 nitrogen and oxygen atoms in total. The number of nitrogens with two attached hydrogens (primary N) is 1. The van der Waals surface area contributed by atoms with Crippen LogP contribution in [0.1, 0.15) is 28.8 Å². The van der Waals surface area contributed by atoms with E-state index in [-0.39, 0.29) is 22.7 Å². The van der Waals surface area contributed by atoms with Crippen molar-refractivity contribution in [2.45, 2.75) is 12.8 Å². The Labute approximate surface area is 123 Å². The van der Waals surface area contributed by atoms with Crippen molar-refractivity contribution in [3.05, 3.63) is 58.7 Å². The summed E-state index contributed by atoms with van der Waals surface area (Å²) < 4.78 is 0. The van der Waals surface area contributed by atoms with Crippen molar-refractivity contribution in [2.75, 3.05) is 12.3 Å². The molecule has 0 radical (unpaired) electrons. The van der Waals surface area contributed by atoms with E-state index in [0.29, 0.717) is 12.1 Å². The van der Waals surface area contributed by atoms with Crippen molar-refractivity contribution in [3.8, 4) is 0 Å². The molecule has 0 aliphatic rings. The maximum Gasteiger partial charge on any atom is 0.252 e. The Balaban J connectivity index is 1.97. The molecule has 1 aromatic heterocycles. The van der Waals surface area contributed by atoms with Crippen molar-refractivity contribution in [2.24, 2.45) is 0 Å².